The molecule has 2 atom stereocenters. The first-order valence-electron chi connectivity index (χ1n) is 5.38. The number of aryl methyl sites for hydroxylation is 1. The Morgan fingerprint density at radius 1 is 1.64 bits per heavy atom. The second-order valence-corrected chi connectivity index (χ2v) is 4.99. The van der Waals surface area contributed by atoms with Crippen LogP contribution in [0, 0.1) is 18.3 Å². The highest BCUT2D eigenvalue weighted by molar-refractivity contribution is 5.21. The molecule has 1 aromatic heterocycles. The predicted octanol–water partition coefficient (Wildman–Crippen LogP) is 1.53. The second-order valence-electron chi connectivity index (χ2n) is 4.99. The number of nitrogens with two attached hydrogens (primary N) is 1. The van der Waals surface area contributed by atoms with Gasteiger partial charge in [-0.25, -0.2) is 4.98 Å². The average Bonchev–Trinajstić information content (AvgIpc) is 3.06. The van der Waals surface area contributed by atoms with E-state index in [9.17, 15) is 0 Å². The molecule has 2 fully saturated rings. The fraction of sp³-hybridized carbons (Fsp3) is 0.727. The van der Waals surface area contributed by atoms with Gasteiger partial charge in [-0.1, -0.05) is 0 Å². The number of hydrogen-bond donors (Lipinski definition) is 1. The van der Waals surface area contributed by atoms with Crippen molar-refractivity contribution >= 4 is 0 Å². The van der Waals surface area contributed by atoms with Crippen LogP contribution in [0.2, 0.25) is 0 Å². The number of aromatic nitrogens is 2. The van der Waals surface area contributed by atoms with Crippen molar-refractivity contribution < 1.29 is 0 Å². The molecule has 0 saturated heterocycles. The van der Waals surface area contributed by atoms with Crippen molar-refractivity contribution in [3.63, 3.8) is 0 Å². The normalized spacial score (nSPS) is 29.2. The maximum atomic E-state index is 6.27. The van der Waals surface area contributed by atoms with E-state index in [2.05, 4.69) is 16.6 Å². The molecule has 3 rings (SSSR count). The van der Waals surface area contributed by atoms with Gasteiger partial charge in [0, 0.05) is 13.1 Å². The molecule has 0 bridgehead atoms. The molecule has 76 valence electrons. The summed E-state index contributed by atoms with van der Waals surface area (Å²) in [6.45, 7) is 2.02. The SMILES string of the molecule is Cc1ncc(C(N)C2CC23CC3)n1C. The molecule has 1 heterocycles. The summed E-state index contributed by atoms with van der Waals surface area (Å²) in [7, 11) is 2.06. The molecule has 2 aliphatic rings. The van der Waals surface area contributed by atoms with Crippen LogP contribution < -0.4 is 5.73 Å². The van der Waals surface area contributed by atoms with Crippen molar-refractivity contribution in [2.24, 2.45) is 24.1 Å². The standard InChI is InChI=1S/C11H17N3/c1-7-13-6-9(14(7)2)10(12)8-5-11(8)3-4-11/h6,8,10H,3-5,12H2,1-2H3. The van der Waals surface area contributed by atoms with E-state index in [0.717, 1.165) is 11.7 Å². The maximum absolute atomic E-state index is 6.27. The van der Waals surface area contributed by atoms with Crippen LogP contribution in [0.15, 0.2) is 6.20 Å². The summed E-state index contributed by atoms with van der Waals surface area (Å²) in [5.74, 6) is 1.79. The Hall–Kier alpha value is -0.830. The van der Waals surface area contributed by atoms with Crippen molar-refractivity contribution in [1.29, 1.82) is 0 Å². The summed E-state index contributed by atoms with van der Waals surface area (Å²) in [5, 5.41) is 0. The van der Waals surface area contributed by atoms with Gasteiger partial charge in [0.25, 0.3) is 0 Å². The lowest BCUT2D eigenvalue weighted by Crippen LogP contribution is -2.17. The molecule has 14 heavy (non-hydrogen) atoms. The van der Waals surface area contributed by atoms with Gasteiger partial charge in [0.15, 0.2) is 0 Å². The minimum absolute atomic E-state index is 0.212. The van der Waals surface area contributed by atoms with E-state index >= 15 is 0 Å². The molecule has 0 radical (unpaired) electrons. The molecule has 1 spiro atoms. The highest BCUT2D eigenvalue weighted by atomic mass is 15.1. The maximum Gasteiger partial charge on any atom is 0.105 e. The van der Waals surface area contributed by atoms with Crippen LogP contribution in [-0.4, -0.2) is 9.55 Å². The Balaban J connectivity index is 1.85. The zero-order valence-corrected chi connectivity index (χ0v) is 8.83. The fourth-order valence-corrected chi connectivity index (χ4v) is 2.66. The van der Waals surface area contributed by atoms with Crippen LogP contribution in [0.3, 0.4) is 0 Å². The second kappa shape index (κ2) is 2.40. The molecule has 0 amide bonds. The molecule has 2 N–H and O–H groups in total. The van der Waals surface area contributed by atoms with Gasteiger partial charge < -0.3 is 10.3 Å². The van der Waals surface area contributed by atoms with Crippen LogP contribution in [0.25, 0.3) is 0 Å². The summed E-state index contributed by atoms with van der Waals surface area (Å²) >= 11 is 0. The number of imidazole rings is 1. The quantitative estimate of drug-likeness (QED) is 0.770. The zero-order chi connectivity index (χ0) is 9.92. The van der Waals surface area contributed by atoms with Gasteiger partial charge >= 0.3 is 0 Å². The Morgan fingerprint density at radius 3 is 2.79 bits per heavy atom. The molecule has 0 aromatic carbocycles. The third kappa shape index (κ3) is 0.989. The van der Waals surface area contributed by atoms with Gasteiger partial charge in [-0.2, -0.15) is 0 Å². The molecule has 2 unspecified atom stereocenters. The van der Waals surface area contributed by atoms with E-state index in [4.69, 9.17) is 5.73 Å². The summed E-state index contributed by atoms with van der Waals surface area (Å²) in [6.07, 6.45) is 6.09. The van der Waals surface area contributed by atoms with Crippen LogP contribution in [0.1, 0.15) is 36.8 Å². The first kappa shape index (κ1) is 8.48. The molecule has 0 aliphatic heterocycles. The van der Waals surface area contributed by atoms with E-state index in [0.29, 0.717) is 5.41 Å². The Kier molecular flexibility index (Phi) is 1.45. The Morgan fingerprint density at radius 2 is 2.36 bits per heavy atom. The van der Waals surface area contributed by atoms with Gasteiger partial charge in [0.05, 0.1) is 11.9 Å². The lowest BCUT2D eigenvalue weighted by atomic mass is 10.1. The number of hydrogen-bond acceptors (Lipinski definition) is 2. The first-order chi connectivity index (χ1) is 6.64. The molecule has 3 heteroatoms. The van der Waals surface area contributed by atoms with Crippen molar-refractivity contribution in [1.82, 2.24) is 9.55 Å². The summed E-state index contributed by atoms with van der Waals surface area (Å²) in [5.41, 5.74) is 8.15. The lowest BCUT2D eigenvalue weighted by Gasteiger charge is -2.12. The van der Waals surface area contributed by atoms with Gasteiger partial charge in [-0.15, -0.1) is 0 Å². The largest absolute Gasteiger partial charge is 0.334 e. The third-order valence-corrected chi connectivity index (χ3v) is 4.18. The highest BCUT2D eigenvalue weighted by Crippen LogP contribution is 2.73. The van der Waals surface area contributed by atoms with E-state index in [-0.39, 0.29) is 6.04 Å². The van der Waals surface area contributed by atoms with Crippen molar-refractivity contribution in [2.75, 3.05) is 0 Å². The van der Waals surface area contributed by atoms with Crippen LogP contribution in [0.5, 0.6) is 0 Å². The van der Waals surface area contributed by atoms with E-state index in [1.54, 1.807) is 0 Å². The molecule has 3 nitrogen and oxygen atoms in total. The average molecular weight is 191 g/mol. The predicted molar refractivity (Wildman–Crippen MR) is 54.6 cm³/mol. The zero-order valence-electron chi connectivity index (χ0n) is 8.83. The fourth-order valence-electron chi connectivity index (χ4n) is 2.66. The molecule has 2 aliphatic carbocycles. The minimum atomic E-state index is 0.212. The summed E-state index contributed by atoms with van der Waals surface area (Å²) < 4.78 is 2.12. The summed E-state index contributed by atoms with van der Waals surface area (Å²) in [6, 6.07) is 0.212. The van der Waals surface area contributed by atoms with Gasteiger partial charge in [0.2, 0.25) is 0 Å². The monoisotopic (exact) mass is 191 g/mol. The third-order valence-electron chi connectivity index (χ3n) is 4.18. The smallest absolute Gasteiger partial charge is 0.105 e. The molecule has 1 aromatic rings. The van der Waals surface area contributed by atoms with Crippen LogP contribution in [-0.2, 0) is 7.05 Å². The molecular weight excluding hydrogens is 174 g/mol. The van der Waals surface area contributed by atoms with E-state index in [1.165, 1.54) is 25.0 Å². The highest BCUT2D eigenvalue weighted by Gasteiger charge is 2.64. The topological polar surface area (TPSA) is 43.8 Å². The van der Waals surface area contributed by atoms with E-state index in [1.807, 2.05) is 13.1 Å². The molecule has 2 saturated carbocycles. The van der Waals surface area contributed by atoms with Crippen LogP contribution in [0.4, 0.5) is 0 Å². The van der Waals surface area contributed by atoms with Gasteiger partial charge in [0.1, 0.15) is 5.82 Å². The summed E-state index contributed by atoms with van der Waals surface area (Å²) in [4.78, 5) is 4.30. The van der Waals surface area contributed by atoms with Gasteiger partial charge in [-0.05, 0) is 37.5 Å². The number of rotatable bonds is 2. The van der Waals surface area contributed by atoms with Crippen molar-refractivity contribution in [3.8, 4) is 0 Å². The van der Waals surface area contributed by atoms with Crippen molar-refractivity contribution in [2.45, 2.75) is 32.2 Å². The molecular formula is C11H17N3. The van der Waals surface area contributed by atoms with Crippen LogP contribution >= 0.6 is 0 Å². The first-order valence-corrected chi connectivity index (χ1v) is 5.38. The Bertz CT molecular complexity index is 376. The van der Waals surface area contributed by atoms with E-state index < -0.39 is 0 Å². The number of nitrogens with zero attached hydrogens (tertiary/aromatic N) is 2. The minimum Gasteiger partial charge on any atom is -0.334 e. The van der Waals surface area contributed by atoms with Crippen molar-refractivity contribution in [3.05, 3.63) is 17.7 Å². The van der Waals surface area contributed by atoms with Gasteiger partial charge in [-0.3, -0.25) is 0 Å². The lowest BCUT2D eigenvalue weighted by molar-refractivity contribution is 0.538. The Labute approximate surface area is 84.3 Å².